The Balaban J connectivity index is 1.92. The average Bonchev–Trinajstić information content (AvgIpc) is 2.94. The van der Waals surface area contributed by atoms with Crippen molar-refractivity contribution in [1.82, 2.24) is 14.3 Å². The lowest BCUT2D eigenvalue weighted by Crippen LogP contribution is -2.32. The number of rotatable bonds is 6. The highest BCUT2D eigenvalue weighted by molar-refractivity contribution is 8.00. The smallest absolute Gasteiger partial charge is 0.253 e. The summed E-state index contributed by atoms with van der Waals surface area (Å²) in [6.07, 6.45) is 0.986. The maximum Gasteiger partial charge on any atom is 0.253 e. The van der Waals surface area contributed by atoms with Gasteiger partial charge in [0.25, 0.3) is 5.91 Å². The molecule has 1 saturated heterocycles. The minimum absolute atomic E-state index is 0.110. The summed E-state index contributed by atoms with van der Waals surface area (Å²) < 4.78 is 6.30. The van der Waals surface area contributed by atoms with Gasteiger partial charge in [-0.15, -0.1) is 0 Å². The van der Waals surface area contributed by atoms with Gasteiger partial charge in [0.15, 0.2) is 0 Å². The van der Waals surface area contributed by atoms with Crippen LogP contribution < -0.4 is 9.44 Å². The number of carbonyl (C=O) groups excluding carboxylic acids is 1. The van der Waals surface area contributed by atoms with Crippen LogP contribution in [0.3, 0.4) is 0 Å². The number of hydrogen-bond acceptors (Lipinski definition) is 5. The van der Waals surface area contributed by atoms with Gasteiger partial charge in [-0.05, 0) is 55.1 Å². The van der Waals surface area contributed by atoms with Crippen molar-refractivity contribution < 1.29 is 4.79 Å². The topological polar surface area (TPSA) is 44.4 Å². The number of hydrogen-bond donors (Lipinski definition) is 2. The molecule has 1 aliphatic heterocycles. The first-order valence-electron chi connectivity index (χ1n) is 6.49. The third kappa shape index (κ3) is 4.02. The molecule has 108 valence electrons. The minimum Gasteiger partial charge on any atom is -0.337 e. The van der Waals surface area contributed by atoms with E-state index in [1.807, 2.05) is 36.2 Å². The maximum atomic E-state index is 12.4. The summed E-state index contributed by atoms with van der Waals surface area (Å²) in [7, 11) is 1.88. The van der Waals surface area contributed by atoms with E-state index in [1.54, 1.807) is 17.4 Å². The van der Waals surface area contributed by atoms with Crippen molar-refractivity contribution >= 4 is 29.8 Å². The molecule has 1 amide bonds. The quantitative estimate of drug-likeness (QED) is 0.791. The van der Waals surface area contributed by atoms with Gasteiger partial charge in [-0.1, -0.05) is 18.5 Å². The van der Waals surface area contributed by atoms with Crippen LogP contribution in [0.5, 0.6) is 0 Å². The third-order valence-electron chi connectivity index (χ3n) is 3.11. The Kier molecular flexibility index (Phi) is 5.97. The van der Waals surface area contributed by atoms with Crippen LogP contribution in [0, 0.1) is 0 Å². The molecule has 1 atom stereocenters. The second-order valence-corrected chi connectivity index (χ2v) is 6.36. The highest BCUT2D eigenvalue weighted by Crippen LogP contribution is 2.18. The van der Waals surface area contributed by atoms with Gasteiger partial charge in [0.1, 0.15) is 0 Å². The molecule has 0 spiro atoms. The van der Waals surface area contributed by atoms with Gasteiger partial charge in [0.05, 0.1) is 0 Å². The van der Waals surface area contributed by atoms with Crippen LogP contribution in [0.2, 0.25) is 0 Å². The van der Waals surface area contributed by atoms with Crippen LogP contribution in [-0.4, -0.2) is 37.0 Å². The molecule has 20 heavy (non-hydrogen) atoms. The fourth-order valence-electron chi connectivity index (χ4n) is 2.15. The van der Waals surface area contributed by atoms with E-state index in [4.69, 9.17) is 0 Å². The van der Waals surface area contributed by atoms with Crippen molar-refractivity contribution in [1.29, 1.82) is 0 Å². The zero-order valence-electron chi connectivity index (χ0n) is 11.5. The van der Waals surface area contributed by atoms with Crippen molar-refractivity contribution in [3.63, 3.8) is 0 Å². The molecule has 1 aromatic carbocycles. The van der Waals surface area contributed by atoms with Crippen LogP contribution >= 0.6 is 23.9 Å². The first kappa shape index (κ1) is 15.4. The summed E-state index contributed by atoms with van der Waals surface area (Å²) >= 11 is 3.03. The monoisotopic (exact) mass is 309 g/mol. The van der Waals surface area contributed by atoms with E-state index < -0.39 is 0 Å². The number of nitrogens with zero attached hydrogens (tertiary/aromatic N) is 1. The zero-order valence-corrected chi connectivity index (χ0v) is 13.1. The van der Waals surface area contributed by atoms with Crippen LogP contribution in [0.25, 0.3) is 0 Å². The highest BCUT2D eigenvalue weighted by atomic mass is 32.2. The van der Waals surface area contributed by atoms with Crippen LogP contribution in [-0.2, 0) is 0 Å². The summed E-state index contributed by atoms with van der Waals surface area (Å²) in [5.74, 6) is 0.110. The van der Waals surface area contributed by atoms with E-state index in [0.29, 0.717) is 6.04 Å². The molecule has 0 bridgehead atoms. The number of amides is 1. The van der Waals surface area contributed by atoms with Crippen molar-refractivity contribution in [3.05, 3.63) is 41.8 Å². The van der Waals surface area contributed by atoms with Gasteiger partial charge in [0, 0.05) is 29.6 Å². The molecular formula is C14H19N3OS2. The van der Waals surface area contributed by atoms with Crippen LogP contribution in [0.15, 0.2) is 41.1 Å². The fraction of sp³-hybridized carbons (Fsp3) is 0.357. The van der Waals surface area contributed by atoms with E-state index >= 15 is 0 Å². The normalized spacial score (nSPS) is 18.2. The van der Waals surface area contributed by atoms with Gasteiger partial charge in [-0.25, -0.2) is 0 Å². The first-order valence-corrected chi connectivity index (χ1v) is 8.19. The van der Waals surface area contributed by atoms with Gasteiger partial charge < -0.3 is 4.90 Å². The molecule has 6 heteroatoms. The van der Waals surface area contributed by atoms with Gasteiger partial charge >= 0.3 is 0 Å². The summed E-state index contributed by atoms with van der Waals surface area (Å²) in [6.45, 7) is 5.22. The van der Waals surface area contributed by atoms with E-state index in [9.17, 15) is 4.79 Å². The summed E-state index contributed by atoms with van der Waals surface area (Å²) in [6, 6.07) is 8.06. The third-order valence-corrected chi connectivity index (χ3v) is 4.46. The molecule has 1 aromatic rings. The van der Waals surface area contributed by atoms with Crippen molar-refractivity contribution in [2.75, 3.05) is 20.1 Å². The largest absolute Gasteiger partial charge is 0.337 e. The first-order chi connectivity index (χ1) is 9.74. The second-order valence-electron chi connectivity index (χ2n) is 4.47. The zero-order chi connectivity index (χ0) is 14.4. The van der Waals surface area contributed by atoms with Crippen molar-refractivity contribution in [2.45, 2.75) is 17.4 Å². The Labute approximate surface area is 128 Å². The Morgan fingerprint density at radius 1 is 1.45 bits per heavy atom. The highest BCUT2D eigenvalue weighted by Gasteiger charge is 2.26. The van der Waals surface area contributed by atoms with Crippen LogP contribution in [0.1, 0.15) is 16.8 Å². The lowest BCUT2D eigenvalue weighted by Gasteiger charge is -2.16. The summed E-state index contributed by atoms with van der Waals surface area (Å²) in [5, 5.41) is 1.77. The molecule has 1 fully saturated rings. The number of carbonyl (C=O) groups is 1. The molecule has 1 heterocycles. The molecule has 0 aliphatic carbocycles. The second kappa shape index (κ2) is 7.73. The lowest BCUT2D eigenvalue weighted by molar-refractivity contribution is 0.0790. The predicted molar refractivity (Wildman–Crippen MR) is 86.6 cm³/mol. The number of nitrogens with one attached hydrogen (secondary N) is 2. The van der Waals surface area contributed by atoms with Gasteiger partial charge in [0.2, 0.25) is 0 Å². The Morgan fingerprint density at radius 3 is 2.85 bits per heavy atom. The maximum absolute atomic E-state index is 12.4. The fourth-order valence-corrected chi connectivity index (χ4v) is 3.14. The summed E-state index contributed by atoms with van der Waals surface area (Å²) in [4.78, 5) is 15.4. The van der Waals surface area contributed by atoms with E-state index in [-0.39, 0.29) is 5.91 Å². The molecule has 0 radical (unpaired) electrons. The van der Waals surface area contributed by atoms with Crippen molar-refractivity contribution in [3.8, 4) is 0 Å². The van der Waals surface area contributed by atoms with Gasteiger partial charge in [-0.3, -0.25) is 14.2 Å². The molecule has 0 saturated carbocycles. The van der Waals surface area contributed by atoms with Crippen molar-refractivity contribution in [2.24, 2.45) is 0 Å². The molecular weight excluding hydrogens is 290 g/mol. The lowest BCUT2D eigenvalue weighted by atomic mass is 10.2. The Hall–Kier alpha value is -0.950. The minimum atomic E-state index is 0.110. The molecule has 2 N–H and O–H groups in total. The standard InChI is InChI=1S/C14H19N3OS2/c1-3-19-16-12-8-9-17(10-12)14(18)11-4-6-13(7-5-11)20-15-2/h3-7,12,15-16H,1,8-10H2,2H3. The van der Waals surface area contributed by atoms with Crippen LogP contribution in [0.4, 0.5) is 0 Å². The SMILES string of the molecule is C=CSNC1CCN(C(=O)c2ccc(SNC)cc2)C1. The number of likely N-dealkylation sites (tertiary alicyclic amines) is 1. The average molecular weight is 309 g/mol. The molecule has 1 aliphatic rings. The molecule has 1 unspecified atom stereocenters. The molecule has 4 nitrogen and oxygen atoms in total. The van der Waals surface area contributed by atoms with E-state index in [0.717, 1.165) is 30.0 Å². The predicted octanol–water partition coefficient (Wildman–Crippen LogP) is 2.51. The molecule has 0 aromatic heterocycles. The number of benzene rings is 1. The van der Waals surface area contributed by atoms with E-state index in [2.05, 4.69) is 16.0 Å². The Morgan fingerprint density at radius 2 is 2.20 bits per heavy atom. The van der Waals surface area contributed by atoms with E-state index in [1.165, 1.54) is 11.9 Å². The molecule has 2 rings (SSSR count). The summed E-state index contributed by atoms with van der Waals surface area (Å²) in [5.41, 5.74) is 0.752. The van der Waals surface area contributed by atoms with Gasteiger partial charge in [-0.2, -0.15) is 0 Å². The Bertz CT molecular complexity index is 464.